The number of carbonyl (C=O) groups excluding carboxylic acids is 1. The molecule has 0 fully saturated rings. The molecule has 23 heavy (non-hydrogen) atoms. The summed E-state index contributed by atoms with van der Waals surface area (Å²) in [6.07, 6.45) is 12.2. The van der Waals surface area contributed by atoms with E-state index in [9.17, 15) is 4.79 Å². The Hall–Kier alpha value is -1.31. The van der Waals surface area contributed by atoms with Crippen LogP contribution < -0.4 is 0 Å². The van der Waals surface area contributed by atoms with Crippen LogP contribution in [0.1, 0.15) is 79.6 Å². The maximum absolute atomic E-state index is 12.2. The minimum atomic E-state index is -0.131. The van der Waals surface area contributed by atoms with Gasteiger partial charge in [0.15, 0.2) is 0 Å². The Bertz CT molecular complexity index is 504. The van der Waals surface area contributed by atoms with Crippen molar-refractivity contribution < 1.29 is 9.53 Å². The van der Waals surface area contributed by atoms with Gasteiger partial charge in [-0.2, -0.15) is 0 Å². The highest BCUT2D eigenvalue weighted by molar-refractivity contribution is 5.91. The summed E-state index contributed by atoms with van der Waals surface area (Å²) in [4.78, 5) is 12.2. The summed E-state index contributed by atoms with van der Waals surface area (Å²) >= 11 is 0. The van der Waals surface area contributed by atoms with Crippen molar-refractivity contribution in [3.05, 3.63) is 34.4 Å². The van der Waals surface area contributed by atoms with Crippen LogP contribution >= 0.6 is 0 Å². The molecule has 0 radical (unpaired) electrons. The third-order valence-corrected chi connectivity index (χ3v) is 4.98. The molecule has 0 saturated carbocycles. The smallest absolute Gasteiger partial charge is 0.334 e. The van der Waals surface area contributed by atoms with E-state index in [1.807, 2.05) is 0 Å². The van der Waals surface area contributed by atoms with Crippen LogP contribution in [-0.2, 0) is 9.53 Å². The van der Waals surface area contributed by atoms with E-state index in [1.54, 1.807) is 0 Å². The molecule has 1 unspecified atom stereocenters. The van der Waals surface area contributed by atoms with E-state index >= 15 is 0 Å². The number of rotatable bonds is 7. The molecule has 0 aromatic carbocycles. The lowest BCUT2D eigenvalue weighted by Crippen LogP contribution is -2.29. The molecule has 0 N–H and O–H groups in total. The van der Waals surface area contributed by atoms with E-state index in [2.05, 4.69) is 46.8 Å². The van der Waals surface area contributed by atoms with Gasteiger partial charge in [-0.1, -0.05) is 35.8 Å². The number of allylic oxidation sites excluding steroid dienone is 5. The van der Waals surface area contributed by atoms with Crippen molar-refractivity contribution in [1.29, 1.82) is 0 Å². The van der Waals surface area contributed by atoms with Gasteiger partial charge in [-0.15, -0.1) is 0 Å². The fourth-order valence-corrected chi connectivity index (χ4v) is 3.61. The summed E-state index contributed by atoms with van der Waals surface area (Å²) in [6.45, 7) is 10.8. The molecule has 1 aliphatic rings. The minimum absolute atomic E-state index is 0.0356. The maximum atomic E-state index is 12.2. The van der Waals surface area contributed by atoms with Gasteiger partial charge in [-0.25, -0.2) is 4.79 Å². The van der Waals surface area contributed by atoms with Gasteiger partial charge < -0.3 is 4.74 Å². The zero-order valence-corrected chi connectivity index (χ0v) is 15.9. The monoisotopic (exact) mass is 318 g/mol. The van der Waals surface area contributed by atoms with Crippen LogP contribution in [0.25, 0.3) is 0 Å². The Morgan fingerprint density at radius 2 is 1.91 bits per heavy atom. The Balaban J connectivity index is 2.69. The van der Waals surface area contributed by atoms with Crippen molar-refractivity contribution >= 4 is 5.97 Å². The summed E-state index contributed by atoms with van der Waals surface area (Å²) < 4.78 is 5.04. The minimum Gasteiger partial charge on any atom is -0.466 e. The van der Waals surface area contributed by atoms with Crippen molar-refractivity contribution in [3.63, 3.8) is 0 Å². The van der Waals surface area contributed by atoms with Gasteiger partial charge in [-0.3, -0.25) is 0 Å². The van der Waals surface area contributed by atoms with Gasteiger partial charge >= 0.3 is 5.97 Å². The Kier molecular flexibility index (Phi) is 7.81. The number of methoxy groups -OCH3 is 1. The summed E-state index contributed by atoms with van der Waals surface area (Å²) in [6, 6.07) is 0. The predicted octanol–water partition coefficient (Wildman–Crippen LogP) is 6.14. The standard InChI is InChI=1S/C21H34O2/c1-16(2)10-7-11-17(3)12-8-14-21(5)15-9-13-18(4)19(21)20(22)23-6/h10,12H,7-9,11,13-15H2,1-6H3/b17-12-. The molecular weight excluding hydrogens is 284 g/mol. The topological polar surface area (TPSA) is 26.3 Å². The first-order chi connectivity index (χ1) is 10.8. The third kappa shape index (κ3) is 6.01. The fourth-order valence-electron chi connectivity index (χ4n) is 3.61. The molecular formula is C21H34O2. The van der Waals surface area contributed by atoms with E-state index in [4.69, 9.17) is 4.74 Å². The second-order valence-corrected chi connectivity index (χ2v) is 7.47. The quantitative estimate of drug-likeness (QED) is 0.416. The third-order valence-electron chi connectivity index (χ3n) is 4.98. The van der Waals surface area contributed by atoms with Gasteiger partial charge in [0.2, 0.25) is 0 Å². The first-order valence-electron chi connectivity index (χ1n) is 8.87. The second kappa shape index (κ2) is 9.10. The van der Waals surface area contributed by atoms with Crippen LogP contribution in [0.4, 0.5) is 0 Å². The first kappa shape index (κ1) is 19.7. The normalized spacial score (nSPS) is 22.1. The predicted molar refractivity (Wildman–Crippen MR) is 98.3 cm³/mol. The molecule has 1 rings (SSSR count). The fraction of sp³-hybridized carbons (Fsp3) is 0.667. The molecule has 0 spiro atoms. The van der Waals surface area contributed by atoms with Crippen LogP contribution in [-0.4, -0.2) is 13.1 Å². The number of carbonyl (C=O) groups is 1. The van der Waals surface area contributed by atoms with E-state index in [-0.39, 0.29) is 11.4 Å². The largest absolute Gasteiger partial charge is 0.466 e. The lowest BCUT2D eigenvalue weighted by Gasteiger charge is -2.36. The van der Waals surface area contributed by atoms with E-state index < -0.39 is 0 Å². The maximum Gasteiger partial charge on any atom is 0.334 e. The molecule has 0 saturated heterocycles. The molecule has 0 amide bonds. The van der Waals surface area contributed by atoms with Crippen molar-refractivity contribution in [1.82, 2.24) is 0 Å². The van der Waals surface area contributed by atoms with E-state index in [0.29, 0.717) is 0 Å². The first-order valence-corrected chi connectivity index (χ1v) is 8.87. The summed E-state index contributed by atoms with van der Waals surface area (Å²) in [5, 5.41) is 0. The van der Waals surface area contributed by atoms with Crippen LogP contribution in [0.3, 0.4) is 0 Å². The average Bonchev–Trinajstić information content (AvgIpc) is 2.46. The molecule has 2 nitrogen and oxygen atoms in total. The number of esters is 1. The van der Waals surface area contributed by atoms with Gasteiger partial charge in [-0.05, 0) is 78.1 Å². The lowest BCUT2D eigenvalue weighted by molar-refractivity contribution is -0.137. The molecule has 0 aromatic heterocycles. The molecule has 1 atom stereocenters. The number of hydrogen-bond acceptors (Lipinski definition) is 2. The Labute approximate surface area is 142 Å². The second-order valence-electron chi connectivity index (χ2n) is 7.47. The lowest BCUT2D eigenvalue weighted by atomic mass is 9.68. The number of ether oxygens (including phenoxy) is 1. The molecule has 0 heterocycles. The molecule has 2 heteroatoms. The highest BCUT2D eigenvalue weighted by Gasteiger charge is 2.37. The molecule has 0 bridgehead atoms. The van der Waals surface area contributed by atoms with Crippen molar-refractivity contribution in [3.8, 4) is 0 Å². The Morgan fingerprint density at radius 1 is 1.22 bits per heavy atom. The summed E-state index contributed by atoms with van der Waals surface area (Å²) in [5.41, 5.74) is 4.95. The van der Waals surface area contributed by atoms with Crippen LogP contribution in [0.15, 0.2) is 34.4 Å². The van der Waals surface area contributed by atoms with E-state index in [1.165, 1.54) is 30.2 Å². The Morgan fingerprint density at radius 3 is 2.52 bits per heavy atom. The molecule has 0 aromatic rings. The van der Waals surface area contributed by atoms with Crippen molar-refractivity contribution in [2.75, 3.05) is 7.11 Å². The van der Waals surface area contributed by atoms with Gasteiger partial charge in [0.25, 0.3) is 0 Å². The van der Waals surface area contributed by atoms with Crippen LogP contribution in [0, 0.1) is 5.41 Å². The highest BCUT2D eigenvalue weighted by Crippen LogP contribution is 2.44. The van der Waals surface area contributed by atoms with Gasteiger partial charge in [0, 0.05) is 5.57 Å². The van der Waals surface area contributed by atoms with Crippen molar-refractivity contribution in [2.24, 2.45) is 5.41 Å². The molecule has 1 aliphatic carbocycles. The van der Waals surface area contributed by atoms with E-state index in [0.717, 1.165) is 44.1 Å². The van der Waals surface area contributed by atoms with Gasteiger partial charge in [0.1, 0.15) is 0 Å². The average molecular weight is 319 g/mol. The SMILES string of the molecule is COC(=O)C1=C(C)CCCC1(C)CC/C=C(/C)CCC=C(C)C. The van der Waals surface area contributed by atoms with Crippen LogP contribution in [0.5, 0.6) is 0 Å². The number of hydrogen-bond donors (Lipinski definition) is 0. The zero-order valence-electron chi connectivity index (χ0n) is 15.9. The summed E-state index contributed by atoms with van der Waals surface area (Å²) in [5.74, 6) is -0.131. The van der Waals surface area contributed by atoms with Gasteiger partial charge in [0.05, 0.1) is 7.11 Å². The zero-order chi connectivity index (χ0) is 17.5. The molecule has 130 valence electrons. The molecule has 0 aliphatic heterocycles. The van der Waals surface area contributed by atoms with Crippen molar-refractivity contribution in [2.45, 2.75) is 79.6 Å². The van der Waals surface area contributed by atoms with Crippen LogP contribution in [0.2, 0.25) is 0 Å². The summed E-state index contributed by atoms with van der Waals surface area (Å²) in [7, 11) is 1.49. The highest BCUT2D eigenvalue weighted by atomic mass is 16.5.